The molecule has 1 aromatic carbocycles. The summed E-state index contributed by atoms with van der Waals surface area (Å²) in [5, 5.41) is 10.7. The van der Waals surface area contributed by atoms with Gasteiger partial charge < -0.3 is 5.11 Å². The van der Waals surface area contributed by atoms with Crippen LogP contribution < -0.4 is 0 Å². The number of benzene rings is 1. The Morgan fingerprint density at radius 3 is 2.17 bits per heavy atom. The summed E-state index contributed by atoms with van der Waals surface area (Å²) in [5.41, 5.74) is 2.73. The molecule has 0 aliphatic carbocycles. The van der Waals surface area contributed by atoms with Crippen LogP contribution in [0.15, 0.2) is 36.4 Å². The summed E-state index contributed by atoms with van der Waals surface area (Å²) in [7, 11) is 0. The van der Waals surface area contributed by atoms with Crippen molar-refractivity contribution < 1.29 is 5.11 Å². The molecule has 0 unspecified atom stereocenters. The molecule has 0 saturated heterocycles. The molecular formula is C15H16ClNO. The van der Waals surface area contributed by atoms with E-state index in [2.05, 4.69) is 4.98 Å². The van der Waals surface area contributed by atoms with Gasteiger partial charge in [0.2, 0.25) is 0 Å². The minimum atomic E-state index is -0.865. The van der Waals surface area contributed by atoms with E-state index in [-0.39, 0.29) is 0 Å². The van der Waals surface area contributed by atoms with Gasteiger partial charge in [0.05, 0.1) is 11.3 Å². The number of nitrogens with zero attached hydrogens (tertiary/aromatic N) is 1. The van der Waals surface area contributed by atoms with Crippen molar-refractivity contribution in [2.45, 2.75) is 26.4 Å². The van der Waals surface area contributed by atoms with Crippen LogP contribution >= 0.6 is 11.6 Å². The second-order valence-corrected chi connectivity index (χ2v) is 5.33. The first-order valence-electron chi connectivity index (χ1n) is 5.84. The van der Waals surface area contributed by atoms with E-state index in [1.165, 1.54) is 0 Å². The molecule has 0 atom stereocenters. The van der Waals surface area contributed by atoms with E-state index < -0.39 is 5.60 Å². The highest BCUT2D eigenvalue weighted by atomic mass is 35.5. The van der Waals surface area contributed by atoms with Gasteiger partial charge in [0.25, 0.3) is 0 Å². The smallest absolute Gasteiger partial charge is 0.0857 e. The van der Waals surface area contributed by atoms with Crippen LogP contribution in [0.3, 0.4) is 0 Å². The van der Waals surface area contributed by atoms with Crippen LogP contribution in [-0.4, -0.2) is 10.1 Å². The minimum absolute atomic E-state index is 0.712. The number of hydrogen-bond acceptors (Lipinski definition) is 2. The predicted octanol–water partition coefficient (Wildman–Crippen LogP) is 3.94. The summed E-state index contributed by atoms with van der Waals surface area (Å²) in [6, 6.07) is 11.4. The molecule has 1 heterocycles. The monoisotopic (exact) mass is 261 g/mol. The number of rotatable bonds is 2. The SMILES string of the molecule is Cc1nc(-c2ccc(Cl)cc2)ccc1C(C)(C)O. The maximum atomic E-state index is 10.0. The Morgan fingerprint density at radius 1 is 1.06 bits per heavy atom. The molecule has 18 heavy (non-hydrogen) atoms. The van der Waals surface area contributed by atoms with E-state index in [1.54, 1.807) is 13.8 Å². The second kappa shape index (κ2) is 4.71. The van der Waals surface area contributed by atoms with Crippen LogP contribution in [0.4, 0.5) is 0 Å². The van der Waals surface area contributed by atoms with Gasteiger partial charge in [-0.05, 0) is 39.0 Å². The molecule has 0 radical (unpaired) electrons. The van der Waals surface area contributed by atoms with Gasteiger partial charge in [-0.3, -0.25) is 4.98 Å². The third kappa shape index (κ3) is 2.71. The van der Waals surface area contributed by atoms with Gasteiger partial charge in [-0.25, -0.2) is 0 Å². The van der Waals surface area contributed by atoms with E-state index in [0.717, 1.165) is 22.5 Å². The number of halogens is 1. The minimum Gasteiger partial charge on any atom is -0.386 e. The molecule has 94 valence electrons. The van der Waals surface area contributed by atoms with Crippen LogP contribution in [0, 0.1) is 6.92 Å². The van der Waals surface area contributed by atoms with Gasteiger partial charge in [-0.2, -0.15) is 0 Å². The average molecular weight is 262 g/mol. The molecule has 2 aromatic rings. The Kier molecular flexibility index (Phi) is 3.42. The lowest BCUT2D eigenvalue weighted by molar-refractivity contribution is 0.0775. The van der Waals surface area contributed by atoms with Crippen LogP contribution in [0.1, 0.15) is 25.1 Å². The number of aromatic nitrogens is 1. The van der Waals surface area contributed by atoms with Crippen LogP contribution in [0.2, 0.25) is 5.02 Å². The first kappa shape index (κ1) is 13.1. The first-order chi connectivity index (χ1) is 8.38. The van der Waals surface area contributed by atoms with Gasteiger partial charge in [0.1, 0.15) is 0 Å². The topological polar surface area (TPSA) is 33.1 Å². The Morgan fingerprint density at radius 2 is 1.67 bits per heavy atom. The van der Waals surface area contributed by atoms with Crippen molar-refractivity contribution in [2.24, 2.45) is 0 Å². The Hall–Kier alpha value is -1.38. The van der Waals surface area contributed by atoms with Gasteiger partial charge >= 0.3 is 0 Å². The number of pyridine rings is 1. The lowest BCUT2D eigenvalue weighted by Gasteiger charge is -2.20. The Bertz CT molecular complexity index is 556. The van der Waals surface area contributed by atoms with Gasteiger partial charge in [0.15, 0.2) is 0 Å². The van der Waals surface area contributed by atoms with Crippen molar-refractivity contribution in [3.05, 3.63) is 52.7 Å². The fourth-order valence-corrected chi connectivity index (χ4v) is 2.12. The van der Waals surface area contributed by atoms with E-state index in [1.807, 2.05) is 43.3 Å². The lowest BCUT2D eigenvalue weighted by atomic mass is 9.96. The molecule has 2 rings (SSSR count). The normalized spacial score (nSPS) is 11.6. The van der Waals surface area contributed by atoms with Crippen molar-refractivity contribution in [2.75, 3.05) is 0 Å². The molecule has 0 aliphatic heterocycles. The first-order valence-corrected chi connectivity index (χ1v) is 6.22. The van der Waals surface area contributed by atoms with Gasteiger partial charge in [-0.15, -0.1) is 0 Å². The molecule has 0 aliphatic rings. The number of hydrogen-bond donors (Lipinski definition) is 1. The standard InChI is InChI=1S/C15H16ClNO/c1-10-13(15(2,3)18)8-9-14(17-10)11-4-6-12(16)7-5-11/h4-9,18H,1-3H3. The molecule has 3 heteroatoms. The van der Waals surface area contributed by atoms with Crippen LogP contribution in [0.5, 0.6) is 0 Å². The zero-order chi connectivity index (χ0) is 13.3. The van der Waals surface area contributed by atoms with E-state index in [9.17, 15) is 5.11 Å². The fourth-order valence-electron chi connectivity index (χ4n) is 1.99. The Balaban J connectivity index is 2.43. The number of aryl methyl sites for hydroxylation is 1. The third-order valence-electron chi connectivity index (χ3n) is 2.88. The van der Waals surface area contributed by atoms with Crippen molar-refractivity contribution >= 4 is 11.6 Å². The van der Waals surface area contributed by atoms with Crippen molar-refractivity contribution in [1.82, 2.24) is 4.98 Å². The summed E-state index contributed by atoms with van der Waals surface area (Å²) < 4.78 is 0. The maximum Gasteiger partial charge on any atom is 0.0857 e. The van der Waals surface area contributed by atoms with Gasteiger partial charge in [-0.1, -0.05) is 29.8 Å². The predicted molar refractivity (Wildman–Crippen MR) is 74.7 cm³/mol. The maximum absolute atomic E-state index is 10.0. The van der Waals surface area contributed by atoms with Crippen LogP contribution in [0.25, 0.3) is 11.3 Å². The largest absolute Gasteiger partial charge is 0.386 e. The molecule has 0 bridgehead atoms. The highest BCUT2D eigenvalue weighted by Crippen LogP contribution is 2.26. The highest BCUT2D eigenvalue weighted by molar-refractivity contribution is 6.30. The Labute approximate surface area is 112 Å². The quantitative estimate of drug-likeness (QED) is 0.888. The summed E-state index contributed by atoms with van der Waals surface area (Å²) in [6.45, 7) is 5.44. The molecule has 1 N–H and O–H groups in total. The third-order valence-corrected chi connectivity index (χ3v) is 3.14. The summed E-state index contributed by atoms with van der Waals surface area (Å²) in [5.74, 6) is 0. The molecule has 2 nitrogen and oxygen atoms in total. The zero-order valence-electron chi connectivity index (χ0n) is 10.7. The molecule has 0 spiro atoms. The van der Waals surface area contributed by atoms with Crippen molar-refractivity contribution in [3.63, 3.8) is 0 Å². The summed E-state index contributed by atoms with van der Waals surface area (Å²) in [4.78, 5) is 4.54. The molecular weight excluding hydrogens is 246 g/mol. The average Bonchev–Trinajstić information content (AvgIpc) is 2.28. The van der Waals surface area contributed by atoms with E-state index in [4.69, 9.17) is 11.6 Å². The lowest BCUT2D eigenvalue weighted by Crippen LogP contribution is -2.17. The molecule has 1 aromatic heterocycles. The van der Waals surface area contributed by atoms with Crippen LogP contribution in [-0.2, 0) is 5.60 Å². The highest BCUT2D eigenvalue weighted by Gasteiger charge is 2.19. The van der Waals surface area contributed by atoms with E-state index >= 15 is 0 Å². The van der Waals surface area contributed by atoms with Crippen molar-refractivity contribution in [3.8, 4) is 11.3 Å². The molecule has 0 fully saturated rings. The van der Waals surface area contributed by atoms with E-state index in [0.29, 0.717) is 5.02 Å². The molecule has 0 saturated carbocycles. The summed E-state index contributed by atoms with van der Waals surface area (Å²) in [6.07, 6.45) is 0. The summed E-state index contributed by atoms with van der Waals surface area (Å²) >= 11 is 5.86. The fraction of sp³-hybridized carbons (Fsp3) is 0.267. The second-order valence-electron chi connectivity index (χ2n) is 4.90. The zero-order valence-corrected chi connectivity index (χ0v) is 11.5. The van der Waals surface area contributed by atoms with Gasteiger partial charge in [0, 0.05) is 21.8 Å². The number of aliphatic hydroxyl groups is 1. The molecule has 0 amide bonds. The van der Waals surface area contributed by atoms with Crippen molar-refractivity contribution in [1.29, 1.82) is 0 Å².